The Balaban J connectivity index is 1.98. The third kappa shape index (κ3) is 4.98. The zero-order chi connectivity index (χ0) is 17.5. The number of carbonyl (C=O) groups excluding carboxylic acids is 1. The monoisotopic (exact) mass is 334 g/mol. The van der Waals surface area contributed by atoms with E-state index in [-0.39, 0.29) is 18.0 Å². The van der Waals surface area contributed by atoms with Gasteiger partial charge in [0.25, 0.3) is 0 Å². The molecule has 1 N–H and O–H groups in total. The molecule has 2 rings (SSSR count). The number of rotatable bonds is 6. The number of morpholine rings is 1. The molecule has 2 atom stereocenters. The van der Waals surface area contributed by atoms with Crippen molar-refractivity contribution < 1.29 is 13.9 Å². The Hall–Kier alpha value is -2.04. The van der Waals surface area contributed by atoms with Crippen LogP contribution in [0.25, 0.3) is 0 Å². The van der Waals surface area contributed by atoms with Gasteiger partial charge in [-0.2, -0.15) is 5.26 Å². The summed E-state index contributed by atoms with van der Waals surface area (Å²) in [6.07, 6.45) is 0. The maximum Gasteiger partial charge on any atom is 0.317 e. The molecule has 1 saturated heterocycles. The molecule has 1 aliphatic heterocycles. The fraction of sp³-hybridized carbons (Fsp3) is 0.647. The van der Waals surface area contributed by atoms with Crippen LogP contribution in [0.4, 0.5) is 4.79 Å². The van der Waals surface area contributed by atoms with Crippen molar-refractivity contribution in [3.8, 4) is 6.07 Å². The van der Waals surface area contributed by atoms with E-state index in [9.17, 15) is 4.79 Å². The smallest absolute Gasteiger partial charge is 0.317 e. The van der Waals surface area contributed by atoms with E-state index >= 15 is 0 Å². The van der Waals surface area contributed by atoms with Crippen molar-refractivity contribution in [2.45, 2.75) is 19.9 Å². The summed E-state index contributed by atoms with van der Waals surface area (Å²) < 4.78 is 11.2. The molecule has 2 amide bonds. The third-order valence-corrected chi connectivity index (χ3v) is 4.14. The van der Waals surface area contributed by atoms with Crippen LogP contribution >= 0.6 is 0 Å². The zero-order valence-corrected chi connectivity index (χ0v) is 14.6. The van der Waals surface area contributed by atoms with Gasteiger partial charge in [0.05, 0.1) is 31.2 Å². The molecule has 1 aromatic rings. The molecule has 24 heavy (non-hydrogen) atoms. The van der Waals surface area contributed by atoms with Gasteiger partial charge < -0.3 is 19.4 Å². The molecule has 0 spiro atoms. The van der Waals surface area contributed by atoms with Crippen LogP contribution in [0.2, 0.25) is 0 Å². The minimum Gasteiger partial charge on any atom is -0.465 e. The lowest BCUT2D eigenvalue weighted by atomic mass is 10.1. The summed E-state index contributed by atoms with van der Waals surface area (Å²) >= 11 is 0. The van der Waals surface area contributed by atoms with Gasteiger partial charge in [-0.05, 0) is 26.0 Å². The van der Waals surface area contributed by atoms with E-state index in [2.05, 4.69) is 16.3 Å². The molecule has 0 aromatic carbocycles. The number of urea groups is 1. The average Bonchev–Trinajstić information content (AvgIpc) is 3.01. The van der Waals surface area contributed by atoms with E-state index in [1.54, 1.807) is 14.0 Å². The van der Waals surface area contributed by atoms with Gasteiger partial charge in [-0.25, -0.2) is 4.79 Å². The summed E-state index contributed by atoms with van der Waals surface area (Å²) in [5.41, 5.74) is 0. The molecule has 0 aliphatic carbocycles. The van der Waals surface area contributed by atoms with Crippen molar-refractivity contribution in [2.24, 2.45) is 5.92 Å². The number of hydrogen-bond donors (Lipinski definition) is 1. The number of hydrogen-bond acceptors (Lipinski definition) is 5. The fourth-order valence-corrected chi connectivity index (χ4v) is 2.78. The number of nitrogens with one attached hydrogen (secondary N) is 1. The number of furan rings is 1. The standard InChI is InChI=1S/C17H26N4O3/c1-13(10-18)12-20(3)17(22)19-11-15(16-5-4-14(2)24-16)21-6-8-23-9-7-21/h4-5,13,15H,6-9,11-12H2,1-3H3,(H,19,22)/t13-,15+/m1/s1. The Bertz CT molecular complexity index is 575. The van der Waals surface area contributed by atoms with E-state index < -0.39 is 0 Å². The van der Waals surface area contributed by atoms with Crippen LogP contribution in [-0.4, -0.2) is 62.3 Å². The van der Waals surface area contributed by atoms with Gasteiger partial charge >= 0.3 is 6.03 Å². The highest BCUT2D eigenvalue weighted by atomic mass is 16.5. The van der Waals surface area contributed by atoms with Crippen LogP contribution < -0.4 is 5.32 Å². The fourth-order valence-electron chi connectivity index (χ4n) is 2.78. The van der Waals surface area contributed by atoms with Gasteiger partial charge in [-0.1, -0.05) is 0 Å². The van der Waals surface area contributed by atoms with Crippen molar-refractivity contribution in [2.75, 3.05) is 46.4 Å². The SMILES string of the molecule is Cc1ccc([C@H](CNC(=O)N(C)C[C@H](C)C#N)N2CCOCC2)o1. The van der Waals surface area contributed by atoms with E-state index in [4.69, 9.17) is 14.4 Å². The lowest BCUT2D eigenvalue weighted by Crippen LogP contribution is -2.46. The quantitative estimate of drug-likeness (QED) is 0.857. The van der Waals surface area contributed by atoms with E-state index in [1.807, 2.05) is 19.1 Å². The number of amides is 2. The molecule has 0 radical (unpaired) electrons. The number of aryl methyl sites for hydroxylation is 1. The summed E-state index contributed by atoms with van der Waals surface area (Å²) in [6.45, 7) is 7.56. The maximum atomic E-state index is 12.2. The van der Waals surface area contributed by atoms with Crippen molar-refractivity contribution >= 4 is 6.03 Å². The summed E-state index contributed by atoms with van der Waals surface area (Å²) in [4.78, 5) is 16.1. The summed E-state index contributed by atoms with van der Waals surface area (Å²) in [5, 5.41) is 11.8. The van der Waals surface area contributed by atoms with Gasteiger partial charge in [-0.15, -0.1) is 0 Å². The third-order valence-electron chi connectivity index (χ3n) is 4.14. The molecule has 132 valence electrons. The summed E-state index contributed by atoms with van der Waals surface area (Å²) in [7, 11) is 1.70. The Kier molecular flexibility index (Phi) is 6.64. The highest BCUT2D eigenvalue weighted by Gasteiger charge is 2.26. The number of ether oxygens (including phenoxy) is 1. The molecule has 1 fully saturated rings. The summed E-state index contributed by atoms with van der Waals surface area (Å²) in [5.74, 6) is 1.51. The van der Waals surface area contributed by atoms with Crippen LogP contribution in [0.3, 0.4) is 0 Å². The van der Waals surface area contributed by atoms with Crippen molar-refractivity contribution in [1.82, 2.24) is 15.1 Å². The first-order valence-corrected chi connectivity index (χ1v) is 8.28. The van der Waals surface area contributed by atoms with E-state index in [1.165, 1.54) is 4.90 Å². The number of carbonyl (C=O) groups is 1. The molecule has 0 saturated carbocycles. The van der Waals surface area contributed by atoms with Crippen LogP contribution in [-0.2, 0) is 4.74 Å². The minimum atomic E-state index is -0.191. The lowest BCUT2D eigenvalue weighted by molar-refractivity contribution is 0.0119. The van der Waals surface area contributed by atoms with Gasteiger partial charge in [0.15, 0.2) is 0 Å². The van der Waals surface area contributed by atoms with Crippen LogP contribution in [0.1, 0.15) is 24.5 Å². The molecule has 0 bridgehead atoms. The van der Waals surface area contributed by atoms with Crippen LogP contribution in [0.15, 0.2) is 16.5 Å². The van der Waals surface area contributed by atoms with E-state index in [0.29, 0.717) is 26.3 Å². The normalized spacial score (nSPS) is 17.8. The highest BCUT2D eigenvalue weighted by molar-refractivity contribution is 5.73. The Morgan fingerprint density at radius 3 is 2.75 bits per heavy atom. The van der Waals surface area contributed by atoms with Crippen LogP contribution in [0.5, 0.6) is 0 Å². The lowest BCUT2D eigenvalue weighted by Gasteiger charge is -2.33. The predicted octanol–water partition coefficient (Wildman–Crippen LogP) is 1.76. The summed E-state index contributed by atoms with van der Waals surface area (Å²) in [6, 6.07) is 5.83. The molecule has 1 aromatic heterocycles. The first-order valence-electron chi connectivity index (χ1n) is 8.28. The average molecular weight is 334 g/mol. The molecular formula is C17H26N4O3. The first kappa shape index (κ1) is 18.3. The first-order chi connectivity index (χ1) is 11.5. The molecule has 0 unspecified atom stereocenters. The molecular weight excluding hydrogens is 308 g/mol. The Labute approximate surface area is 143 Å². The van der Waals surface area contributed by atoms with Crippen molar-refractivity contribution in [3.05, 3.63) is 23.7 Å². The second-order valence-electron chi connectivity index (χ2n) is 6.21. The van der Waals surface area contributed by atoms with Gasteiger partial charge in [0.2, 0.25) is 0 Å². The molecule has 7 nitrogen and oxygen atoms in total. The van der Waals surface area contributed by atoms with Crippen molar-refractivity contribution in [3.63, 3.8) is 0 Å². The molecule has 1 aliphatic rings. The Morgan fingerprint density at radius 2 is 2.17 bits per heavy atom. The van der Waals surface area contributed by atoms with Gasteiger partial charge in [0.1, 0.15) is 11.5 Å². The minimum absolute atomic E-state index is 0.0201. The van der Waals surface area contributed by atoms with E-state index in [0.717, 1.165) is 24.6 Å². The number of nitrogens with zero attached hydrogens (tertiary/aromatic N) is 3. The largest absolute Gasteiger partial charge is 0.465 e. The van der Waals surface area contributed by atoms with Gasteiger partial charge in [-0.3, -0.25) is 4.90 Å². The van der Waals surface area contributed by atoms with Crippen LogP contribution in [0, 0.1) is 24.2 Å². The van der Waals surface area contributed by atoms with Crippen molar-refractivity contribution in [1.29, 1.82) is 5.26 Å². The molecule has 2 heterocycles. The second kappa shape index (κ2) is 8.71. The highest BCUT2D eigenvalue weighted by Crippen LogP contribution is 2.23. The Morgan fingerprint density at radius 1 is 1.46 bits per heavy atom. The topological polar surface area (TPSA) is 81.7 Å². The predicted molar refractivity (Wildman–Crippen MR) is 89.4 cm³/mol. The van der Waals surface area contributed by atoms with Gasteiger partial charge in [0, 0.05) is 33.2 Å². The molecule has 7 heteroatoms. The zero-order valence-electron chi connectivity index (χ0n) is 14.6. The number of nitriles is 1. The second-order valence-corrected chi connectivity index (χ2v) is 6.21. The maximum absolute atomic E-state index is 12.2.